The Kier molecular flexibility index (Phi) is 5.17. The molecule has 0 saturated carbocycles. The van der Waals surface area contributed by atoms with Crippen molar-refractivity contribution in [2.24, 2.45) is 0 Å². The average Bonchev–Trinajstić information content (AvgIpc) is 2.03. The molecule has 0 radical (unpaired) electrons. The first-order valence-corrected chi connectivity index (χ1v) is 4.99. The minimum Gasteiger partial charge on any atom is -0.744 e. The second-order valence-corrected chi connectivity index (χ2v) is 3.83. The van der Waals surface area contributed by atoms with E-state index in [0.717, 1.165) is 12.0 Å². The van der Waals surface area contributed by atoms with E-state index in [2.05, 4.69) is 0 Å². The summed E-state index contributed by atoms with van der Waals surface area (Å²) in [5.41, 5.74) is 0.854. The Labute approximate surface area is 100 Å². The molecule has 3 nitrogen and oxygen atoms in total. The van der Waals surface area contributed by atoms with Crippen molar-refractivity contribution in [3.8, 4) is 0 Å². The van der Waals surface area contributed by atoms with E-state index in [4.69, 9.17) is 0 Å². The fraction of sp³-hybridized carbons (Fsp3) is 0.250. The first-order chi connectivity index (χ1) is 5.54. The van der Waals surface area contributed by atoms with Gasteiger partial charge in [0.25, 0.3) is 0 Å². The van der Waals surface area contributed by atoms with Crippen LogP contribution < -0.4 is 29.6 Å². The molecule has 1 aromatic rings. The maximum absolute atomic E-state index is 10.5. The normalized spacial score (nSPS) is 10.6. The average molecular weight is 208 g/mol. The minimum absolute atomic E-state index is 0. The molecule has 0 N–H and O–H groups in total. The van der Waals surface area contributed by atoms with Crippen LogP contribution in [0.2, 0.25) is 0 Å². The SMILES string of the molecule is CCc1cccc(S(=O)(=O)[O-])c1.[Na+]. The molecule has 0 aliphatic rings. The van der Waals surface area contributed by atoms with Crippen LogP contribution in [0.4, 0.5) is 0 Å². The minimum atomic E-state index is -4.29. The van der Waals surface area contributed by atoms with Gasteiger partial charge in [0.05, 0.1) is 4.90 Å². The molecule has 5 heteroatoms. The van der Waals surface area contributed by atoms with Gasteiger partial charge in [-0.1, -0.05) is 19.1 Å². The maximum Gasteiger partial charge on any atom is 1.00 e. The van der Waals surface area contributed by atoms with E-state index in [9.17, 15) is 13.0 Å². The summed E-state index contributed by atoms with van der Waals surface area (Å²) in [6, 6.07) is 6.07. The van der Waals surface area contributed by atoms with E-state index < -0.39 is 10.1 Å². The van der Waals surface area contributed by atoms with E-state index in [1.807, 2.05) is 6.92 Å². The monoisotopic (exact) mass is 208 g/mol. The van der Waals surface area contributed by atoms with Crippen LogP contribution in [-0.2, 0) is 16.5 Å². The van der Waals surface area contributed by atoms with Crippen LogP contribution >= 0.6 is 0 Å². The second kappa shape index (κ2) is 5.12. The molecule has 1 rings (SSSR count). The van der Waals surface area contributed by atoms with Gasteiger partial charge in [0.2, 0.25) is 0 Å². The fourth-order valence-electron chi connectivity index (χ4n) is 0.921. The van der Waals surface area contributed by atoms with Crippen LogP contribution in [0.3, 0.4) is 0 Å². The van der Waals surface area contributed by atoms with E-state index in [-0.39, 0.29) is 34.5 Å². The van der Waals surface area contributed by atoms with Gasteiger partial charge < -0.3 is 4.55 Å². The largest absolute Gasteiger partial charge is 1.00 e. The predicted molar refractivity (Wildman–Crippen MR) is 43.8 cm³/mol. The molecule has 0 aliphatic heterocycles. The smallest absolute Gasteiger partial charge is 0.744 e. The molecule has 0 atom stereocenters. The number of aryl methyl sites for hydroxylation is 1. The number of hydrogen-bond acceptors (Lipinski definition) is 3. The van der Waals surface area contributed by atoms with Crippen LogP contribution in [0.15, 0.2) is 29.2 Å². The zero-order chi connectivity index (χ0) is 9.19. The standard InChI is InChI=1S/C8H10O3S.Na/c1-2-7-4-3-5-8(6-7)12(9,10)11;/h3-6H,2H2,1H3,(H,9,10,11);/q;+1/p-1. The number of rotatable bonds is 2. The van der Waals surface area contributed by atoms with Crippen molar-refractivity contribution in [1.29, 1.82) is 0 Å². The van der Waals surface area contributed by atoms with Crippen molar-refractivity contribution in [2.75, 3.05) is 0 Å². The van der Waals surface area contributed by atoms with Gasteiger partial charge >= 0.3 is 29.6 Å². The Morgan fingerprint density at radius 2 is 2.00 bits per heavy atom. The zero-order valence-corrected chi connectivity index (χ0v) is 10.5. The molecular formula is C8H9NaO3S. The van der Waals surface area contributed by atoms with Gasteiger partial charge in [-0.3, -0.25) is 0 Å². The third-order valence-electron chi connectivity index (χ3n) is 1.60. The van der Waals surface area contributed by atoms with Crippen LogP contribution in [-0.4, -0.2) is 13.0 Å². The summed E-state index contributed by atoms with van der Waals surface area (Å²) in [6.45, 7) is 1.90. The van der Waals surface area contributed by atoms with Gasteiger partial charge in [0.1, 0.15) is 10.1 Å². The molecule has 1 aromatic carbocycles. The van der Waals surface area contributed by atoms with E-state index in [1.165, 1.54) is 12.1 Å². The third-order valence-corrected chi connectivity index (χ3v) is 2.43. The molecule has 0 fully saturated rings. The molecular weight excluding hydrogens is 199 g/mol. The zero-order valence-electron chi connectivity index (χ0n) is 7.65. The predicted octanol–water partition coefficient (Wildman–Crippen LogP) is -1.84. The van der Waals surface area contributed by atoms with Crippen LogP contribution in [0.1, 0.15) is 12.5 Å². The second-order valence-electron chi connectivity index (χ2n) is 2.46. The quantitative estimate of drug-likeness (QED) is 0.424. The Balaban J connectivity index is 0.00000144. The van der Waals surface area contributed by atoms with Gasteiger partial charge in [-0.05, 0) is 24.1 Å². The van der Waals surface area contributed by atoms with Crippen LogP contribution in [0.5, 0.6) is 0 Å². The van der Waals surface area contributed by atoms with Crippen LogP contribution in [0.25, 0.3) is 0 Å². The molecule has 0 amide bonds. The summed E-state index contributed by atoms with van der Waals surface area (Å²) >= 11 is 0. The Bertz CT molecular complexity index is 373. The van der Waals surface area contributed by atoms with Gasteiger partial charge in [-0.25, -0.2) is 8.42 Å². The Morgan fingerprint density at radius 1 is 1.38 bits per heavy atom. The van der Waals surface area contributed by atoms with Gasteiger partial charge in [0, 0.05) is 0 Å². The van der Waals surface area contributed by atoms with E-state index >= 15 is 0 Å². The molecule has 0 heterocycles. The summed E-state index contributed by atoms with van der Waals surface area (Å²) in [5, 5.41) is 0. The third kappa shape index (κ3) is 3.79. The van der Waals surface area contributed by atoms with Crippen molar-refractivity contribution in [3.05, 3.63) is 29.8 Å². The molecule has 0 unspecified atom stereocenters. The molecule has 0 aliphatic carbocycles. The number of hydrogen-bond donors (Lipinski definition) is 0. The molecule has 66 valence electrons. The van der Waals surface area contributed by atoms with Gasteiger partial charge in [-0.2, -0.15) is 0 Å². The Morgan fingerprint density at radius 3 is 2.46 bits per heavy atom. The van der Waals surface area contributed by atoms with Crippen molar-refractivity contribution in [1.82, 2.24) is 0 Å². The molecule has 0 spiro atoms. The summed E-state index contributed by atoms with van der Waals surface area (Å²) in [7, 11) is -4.29. The topological polar surface area (TPSA) is 57.2 Å². The molecule has 0 aromatic heterocycles. The van der Waals surface area contributed by atoms with Crippen molar-refractivity contribution >= 4 is 10.1 Å². The molecule has 13 heavy (non-hydrogen) atoms. The van der Waals surface area contributed by atoms with Crippen LogP contribution in [0, 0.1) is 0 Å². The van der Waals surface area contributed by atoms with Crippen molar-refractivity contribution < 1.29 is 42.5 Å². The molecule has 0 bridgehead atoms. The van der Waals surface area contributed by atoms with Gasteiger partial charge in [-0.15, -0.1) is 0 Å². The van der Waals surface area contributed by atoms with Gasteiger partial charge in [0.15, 0.2) is 0 Å². The maximum atomic E-state index is 10.5. The number of benzene rings is 1. The summed E-state index contributed by atoms with van der Waals surface area (Å²) in [6.07, 6.45) is 0.726. The van der Waals surface area contributed by atoms with E-state index in [0.29, 0.717) is 0 Å². The fourth-order valence-corrected chi connectivity index (χ4v) is 1.46. The first kappa shape index (κ1) is 13.1. The molecule has 0 saturated heterocycles. The van der Waals surface area contributed by atoms with Crippen molar-refractivity contribution in [2.45, 2.75) is 18.2 Å². The summed E-state index contributed by atoms with van der Waals surface area (Å²) < 4.78 is 31.6. The first-order valence-electron chi connectivity index (χ1n) is 3.59. The van der Waals surface area contributed by atoms with Crippen molar-refractivity contribution in [3.63, 3.8) is 0 Å². The Hall–Kier alpha value is 0.130. The summed E-state index contributed by atoms with van der Waals surface area (Å²) in [4.78, 5) is -0.151. The summed E-state index contributed by atoms with van der Waals surface area (Å²) in [5.74, 6) is 0. The van der Waals surface area contributed by atoms with E-state index in [1.54, 1.807) is 12.1 Å².